The Labute approximate surface area is 149 Å². The predicted octanol–water partition coefficient (Wildman–Crippen LogP) is 1.80. The lowest BCUT2D eigenvalue weighted by atomic mass is 9.98. The van der Waals surface area contributed by atoms with E-state index in [0.29, 0.717) is 5.92 Å². The number of aromatic nitrogens is 1. The number of halogens is 1. The van der Waals surface area contributed by atoms with Crippen LogP contribution in [0.5, 0.6) is 0 Å². The molecule has 1 aliphatic heterocycles. The van der Waals surface area contributed by atoms with E-state index in [2.05, 4.69) is 90.6 Å². The van der Waals surface area contributed by atoms with Gasteiger partial charge in [0.15, 0.2) is 0 Å². The molecular formula is C21H22ClN2-. The molecule has 0 spiro atoms. The summed E-state index contributed by atoms with van der Waals surface area (Å²) in [6.07, 6.45) is 2.16. The quantitative estimate of drug-likeness (QED) is 0.754. The van der Waals surface area contributed by atoms with Crippen LogP contribution in [-0.4, -0.2) is 4.57 Å². The number of nitrogens with one attached hydrogen (secondary N) is 1. The minimum Gasteiger partial charge on any atom is -1.00 e. The van der Waals surface area contributed by atoms with Gasteiger partial charge in [-0.15, -0.1) is 0 Å². The molecule has 1 N–H and O–H groups in total. The largest absolute Gasteiger partial charge is 1.00 e. The summed E-state index contributed by atoms with van der Waals surface area (Å²) in [5.41, 5.74) is 6.63. The van der Waals surface area contributed by atoms with Crippen LogP contribution in [0.25, 0.3) is 5.69 Å². The molecule has 1 unspecified atom stereocenters. The number of nitrogens with zero attached hydrogens (tertiary/aromatic N) is 1. The van der Waals surface area contributed by atoms with Gasteiger partial charge in [0.1, 0.15) is 0 Å². The summed E-state index contributed by atoms with van der Waals surface area (Å²) in [5, 5.41) is 3.72. The van der Waals surface area contributed by atoms with Crippen LogP contribution in [0, 0.1) is 0 Å². The molecule has 0 radical (unpaired) electrons. The fraction of sp³-hybridized carbons (Fsp3) is 0.238. The zero-order valence-electron chi connectivity index (χ0n) is 14.0. The van der Waals surface area contributed by atoms with Crippen LogP contribution >= 0.6 is 0 Å². The van der Waals surface area contributed by atoms with Crippen LogP contribution in [0.15, 0.2) is 66.9 Å². The number of hydrogen-bond acceptors (Lipinski definition) is 1. The molecule has 3 aromatic rings. The van der Waals surface area contributed by atoms with E-state index in [0.717, 1.165) is 6.54 Å². The maximum atomic E-state index is 3.72. The van der Waals surface area contributed by atoms with Gasteiger partial charge in [-0.05, 0) is 40.8 Å². The Morgan fingerprint density at radius 3 is 2.46 bits per heavy atom. The Morgan fingerprint density at radius 1 is 0.958 bits per heavy atom. The summed E-state index contributed by atoms with van der Waals surface area (Å²) < 4.78 is 2.32. The summed E-state index contributed by atoms with van der Waals surface area (Å²) in [5.74, 6) is 0.569. The van der Waals surface area contributed by atoms with E-state index in [-0.39, 0.29) is 18.4 Å². The number of rotatable bonds is 2. The highest BCUT2D eigenvalue weighted by Gasteiger charge is 2.22. The van der Waals surface area contributed by atoms with Gasteiger partial charge >= 0.3 is 0 Å². The molecule has 24 heavy (non-hydrogen) atoms. The second-order valence-electron chi connectivity index (χ2n) is 6.57. The standard InChI is InChI=1S/C21H22N2.ClH/c1-15(2)16-9-11-17(12-10-16)21-20-8-5-13-23(20)19-7-4-3-6-18(19)14-22-21;/h3-13,15,21-22H,14H2,1-2H3;1H/p-1. The normalized spacial score (nSPS) is 16.0. The molecule has 2 heterocycles. The summed E-state index contributed by atoms with van der Waals surface area (Å²) in [6.45, 7) is 5.36. The molecular weight excluding hydrogens is 316 g/mol. The van der Waals surface area contributed by atoms with Crippen molar-refractivity contribution in [3.63, 3.8) is 0 Å². The summed E-state index contributed by atoms with van der Waals surface area (Å²) in [6, 6.07) is 22.2. The van der Waals surface area contributed by atoms with E-state index in [4.69, 9.17) is 0 Å². The monoisotopic (exact) mass is 337 g/mol. The van der Waals surface area contributed by atoms with Crippen molar-refractivity contribution in [2.75, 3.05) is 0 Å². The minimum atomic E-state index is 0. The van der Waals surface area contributed by atoms with Gasteiger partial charge in [-0.25, -0.2) is 0 Å². The SMILES string of the molecule is CC(C)c1ccc(C2NCc3ccccc3-n3cccc32)cc1.[Cl-]. The molecule has 0 saturated carbocycles. The van der Waals surface area contributed by atoms with E-state index in [1.807, 2.05) is 0 Å². The summed E-state index contributed by atoms with van der Waals surface area (Å²) in [4.78, 5) is 0. The van der Waals surface area contributed by atoms with E-state index in [9.17, 15) is 0 Å². The van der Waals surface area contributed by atoms with Crippen LogP contribution in [-0.2, 0) is 6.54 Å². The van der Waals surface area contributed by atoms with E-state index < -0.39 is 0 Å². The van der Waals surface area contributed by atoms with E-state index in [1.165, 1.54) is 28.1 Å². The van der Waals surface area contributed by atoms with Crippen molar-refractivity contribution >= 4 is 0 Å². The maximum absolute atomic E-state index is 3.72. The smallest absolute Gasteiger partial charge is 0.0737 e. The van der Waals surface area contributed by atoms with Gasteiger partial charge in [0.2, 0.25) is 0 Å². The van der Waals surface area contributed by atoms with Crippen LogP contribution < -0.4 is 17.7 Å². The maximum Gasteiger partial charge on any atom is 0.0737 e. The predicted molar refractivity (Wildman–Crippen MR) is 95.0 cm³/mol. The fourth-order valence-electron chi connectivity index (χ4n) is 3.42. The highest BCUT2D eigenvalue weighted by molar-refractivity contribution is 5.47. The van der Waals surface area contributed by atoms with Crippen molar-refractivity contribution in [3.8, 4) is 5.69 Å². The van der Waals surface area contributed by atoms with Gasteiger partial charge in [-0.1, -0.05) is 56.3 Å². The number of hydrogen-bond donors (Lipinski definition) is 1. The molecule has 0 aliphatic carbocycles. The highest BCUT2D eigenvalue weighted by Crippen LogP contribution is 2.30. The molecule has 1 atom stereocenters. The Kier molecular flexibility index (Phi) is 4.79. The fourth-order valence-corrected chi connectivity index (χ4v) is 3.42. The number of para-hydroxylation sites is 1. The lowest BCUT2D eigenvalue weighted by Crippen LogP contribution is -3.00. The molecule has 0 fully saturated rings. The first kappa shape index (κ1) is 16.8. The van der Waals surface area contributed by atoms with Crippen LogP contribution in [0.2, 0.25) is 0 Å². The highest BCUT2D eigenvalue weighted by atomic mass is 35.5. The molecule has 4 rings (SSSR count). The summed E-state index contributed by atoms with van der Waals surface area (Å²) >= 11 is 0. The Bertz CT molecular complexity index is 818. The summed E-state index contributed by atoms with van der Waals surface area (Å²) in [7, 11) is 0. The van der Waals surface area contributed by atoms with Crippen molar-refractivity contribution in [2.24, 2.45) is 0 Å². The first-order valence-corrected chi connectivity index (χ1v) is 8.33. The van der Waals surface area contributed by atoms with Crippen molar-refractivity contribution in [1.29, 1.82) is 0 Å². The van der Waals surface area contributed by atoms with Crippen LogP contribution in [0.3, 0.4) is 0 Å². The van der Waals surface area contributed by atoms with Gasteiger partial charge in [0.25, 0.3) is 0 Å². The average Bonchev–Trinajstić information content (AvgIpc) is 2.99. The van der Waals surface area contributed by atoms with Crippen molar-refractivity contribution in [3.05, 3.63) is 89.2 Å². The Balaban J connectivity index is 0.00000169. The van der Waals surface area contributed by atoms with Crippen molar-refractivity contribution in [1.82, 2.24) is 9.88 Å². The molecule has 0 bridgehead atoms. The van der Waals surface area contributed by atoms with E-state index in [1.54, 1.807) is 0 Å². The van der Waals surface area contributed by atoms with Crippen molar-refractivity contribution in [2.45, 2.75) is 32.4 Å². The third kappa shape index (κ3) is 2.88. The number of benzene rings is 2. The van der Waals surface area contributed by atoms with Gasteiger partial charge in [0, 0.05) is 24.1 Å². The van der Waals surface area contributed by atoms with E-state index >= 15 is 0 Å². The molecule has 3 heteroatoms. The first-order valence-electron chi connectivity index (χ1n) is 8.33. The average molecular weight is 338 g/mol. The zero-order valence-corrected chi connectivity index (χ0v) is 14.8. The van der Waals surface area contributed by atoms with Crippen LogP contribution in [0.4, 0.5) is 0 Å². The minimum absolute atomic E-state index is 0. The lowest BCUT2D eigenvalue weighted by molar-refractivity contribution is -0.00000472. The third-order valence-corrected chi connectivity index (χ3v) is 4.76. The van der Waals surface area contributed by atoms with Crippen LogP contribution in [0.1, 0.15) is 48.2 Å². The topological polar surface area (TPSA) is 17.0 Å². The molecule has 2 aromatic carbocycles. The molecule has 1 aliphatic rings. The Morgan fingerprint density at radius 2 is 1.71 bits per heavy atom. The molecule has 2 nitrogen and oxygen atoms in total. The first-order chi connectivity index (χ1) is 11.2. The van der Waals surface area contributed by atoms with Gasteiger partial charge in [-0.3, -0.25) is 0 Å². The van der Waals surface area contributed by atoms with Gasteiger partial charge < -0.3 is 22.3 Å². The Hall–Kier alpha value is -2.03. The molecule has 1 aromatic heterocycles. The van der Waals surface area contributed by atoms with Crippen molar-refractivity contribution < 1.29 is 12.4 Å². The van der Waals surface area contributed by atoms with Gasteiger partial charge in [-0.2, -0.15) is 0 Å². The molecule has 0 saturated heterocycles. The second-order valence-corrected chi connectivity index (χ2v) is 6.57. The lowest BCUT2D eigenvalue weighted by Gasteiger charge is -2.19. The number of fused-ring (bicyclic) bond motifs is 3. The second kappa shape index (κ2) is 6.84. The van der Waals surface area contributed by atoms with Gasteiger partial charge in [0.05, 0.1) is 6.04 Å². The molecule has 124 valence electrons. The third-order valence-electron chi connectivity index (χ3n) is 4.76. The molecule has 0 amide bonds. The zero-order chi connectivity index (χ0) is 15.8.